The van der Waals surface area contributed by atoms with E-state index < -0.39 is 5.60 Å². The molecule has 1 aliphatic heterocycles. The Labute approximate surface area is 201 Å². The molecule has 11 heteroatoms. The zero-order valence-electron chi connectivity index (χ0n) is 19.4. The van der Waals surface area contributed by atoms with Crippen LogP contribution >= 0.6 is 22.7 Å². The Bertz CT molecular complexity index is 1110. The number of piperazine rings is 1. The Morgan fingerprint density at radius 2 is 1.85 bits per heavy atom. The van der Waals surface area contributed by atoms with Crippen molar-refractivity contribution < 1.29 is 14.3 Å². The fourth-order valence-corrected chi connectivity index (χ4v) is 5.35. The van der Waals surface area contributed by atoms with Crippen molar-refractivity contribution in [3.63, 3.8) is 0 Å². The molecular formula is C22H28N6O3S2. The number of amides is 2. The summed E-state index contributed by atoms with van der Waals surface area (Å²) in [5.41, 5.74) is 0.455. The number of rotatable bonds is 4. The molecule has 0 unspecified atom stereocenters. The molecule has 0 aromatic carbocycles. The lowest BCUT2D eigenvalue weighted by atomic mass is 10.2. The monoisotopic (exact) mass is 488 g/mol. The van der Waals surface area contributed by atoms with E-state index in [1.165, 1.54) is 11.3 Å². The molecule has 1 fully saturated rings. The van der Waals surface area contributed by atoms with E-state index in [-0.39, 0.29) is 12.0 Å². The van der Waals surface area contributed by atoms with E-state index in [0.29, 0.717) is 36.9 Å². The second-order valence-corrected chi connectivity index (χ2v) is 11.0. The molecule has 0 aliphatic carbocycles. The number of ether oxygens (including phenoxy) is 1. The van der Waals surface area contributed by atoms with Crippen LogP contribution in [0, 0.1) is 0 Å². The maximum atomic E-state index is 12.7. The third kappa shape index (κ3) is 5.53. The van der Waals surface area contributed by atoms with E-state index >= 15 is 0 Å². The molecule has 0 saturated carbocycles. The number of nitrogens with one attached hydrogen (secondary N) is 1. The minimum Gasteiger partial charge on any atom is -0.444 e. The maximum absolute atomic E-state index is 12.7. The number of aromatic nitrogens is 2. The van der Waals surface area contributed by atoms with Gasteiger partial charge in [0.05, 0.1) is 21.5 Å². The molecule has 3 aromatic heterocycles. The van der Waals surface area contributed by atoms with Gasteiger partial charge < -0.3 is 24.8 Å². The van der Waals surface area contributed by atoms with E-state index in [1.54, 1.807) is 28.5 Å². The van der Waals surface area contributed by atoms with Crippen LogP contribution in [0.4, 0.5) is 21.4 Å². The summed E-state index contributed by atoms with van der Waals surface area (Å²) >= 11 is 2.94. The van der Waals surface area contributed by atoms with Crippen LogP contribution in [0.3, 0.4) is 0 Å². The topological polar surface area (TPSA) is 90.9 Å². The molecule has 33 heavy (non-hydrogen) atoms. The summed E-state index contributed by atoms with van der Waals surface area (Å²) in [5.74, 6) is 0.303. The number of carbonyl (C=O) groups excluding carboxylic acids is 2. The van der Waals surface area contributed by atoms with Crippen molar-refractivity contribution in [2.45, 2.75) is 26.4 Å². The van der Waals surface area contributed by atoms with E-state index in [4.69, 9.17) is 4.74 Å². The highest BCUT2D eigenvalue weighted by Crippen LogP contribution is 2.34. The SMILES string of the molecule is CN(C)c1nc2sc(C(=O)Nc3ccc(N4CCN(C(=O)OC(C)(C)C)CC4)cn3)cc2s1. The number of carbonyl (C=O) groups is 2. The van der Waals surface area contributed by atoms with Gasteiger partial charge in [-0.25, -0.2) is 14.8 Å². The molecule has 3 aromatic rings. The van der Waals surface area contributed by atoms with E-state index in [0.717, 1.165) is 20.3 Å². The third-order valence-electron chi connectivity index (χ3n) is 4.97. The van der Waals surface area contributed by atoms with Gasteiger partial charge in [-0.1, -0.05) is 11.3 Å². The number of thiophene rings is 1. The quantitative estimate of drug-likeness (QED) is 0.590. The zero-order chi connectivity index (χ0) is 23.8. The number of thiazole rings is 1. The fourth-order valence-electron chi connectivity index (χ4n) is 3.33. The Morgan fingerprint density at radius 3 is 2.42 bits per heavy atom. The molecule has 176 valence electrons. The van der Waals surface area contributed by atoms with Gasteiger partial charge in [0.15, 0.2) is 5.13 Å². The van der Waals surface area contributed by atoms with Gasteiger partial charge in [-0.2, -0.15) is 0 Å². The van der Waals surface area contributed by atoms with Crippen LogP contribution in [-0.4, -0.2) is 72.7 Å². The van der Waals surface area contributed by atoms with Gasteiger partial charge in [0.2, 0.25) is 0 Å². The van der Waals surface area contributed by atoms with Crippen LogP contribution in [-0.2, 0) is 4.74 Å². The molecule has 9 nitrogen and oxygen atoms in total. The molecule has 0 bridgehead atoms. The minimum atomic E-state index is -0.497. The second kappa shape index (κ2) is 9.14. The Balaban J connectivity index is 1.32. The molecule has 0 radical (unpaired) electrons. The first-order valence-electron chi connectivity index (χ1n) is 10.7. The second-order valence-electron chi connectivity index (χ2n) is 8.98. The van der Waals surface area contributed by atoms with Gasteiger partial charge in [-0.3, -0.25) is 4.79 Å². The van der Waals surface area contributed by atoms with Gasteiger partial charge in [0.25, 0.3) is 5.91 Å². The highest BCUT2D eigenvalue weighted by Gasteiger charge is 2.26. The van der Waals surface area contributed by atoms with Crippen molar-refractivity contribution in [2.75, 3.05) is 55.4 Å². The molecular weight excluding hydrogens is 460 g/mol. The third-order valence-corrected chi connectivity index (χ3v) is 7.30. The number of nitrogens with zero attached hydrogens (tertiary/aromatic N) is 5. The van der Waals surface area contributed by atoms with Crippen LogP contribution in [0.2, 0.25) is 0 Å². The van der Waals surface area contributed by atoms with Crippen molar-refractivity contribution >= 4 is 60.8 Å². The first-order chi connectivity index (χ1) is 15.6. The van der Waals surface area contributed by atoms with Crippen LogP contribution in [0.1, 0.15) is 30.4 Å². The lowest BCUT2D eigenvalue weighted by Crippen LogP contribution is -2.50. The largest absolute Gasteiger partial charge is 0.444 e. The summed E-state index contributed by atoms with van der Waals surface area (Å²) in [4.78, 5) is 41.2. The summed E-state index contributed by atoms with van der Waals surface area (Å²) in [6.45, 7) is 8.17. The first kappa shape index (κ1) is 23.2. The Morgan fingerprint density at radius 1 is 1.12 bits per heavy atom. The van der Waals surface area contributed by atoms with Gasteiger partial charge in [0.1, 0.15) is 16.2 Å². The summed E-state index contributed by atoms with van der Waals surface area (Å²) in [6, 6.07) is 5.61. The van der Waals surface area contributed by atoms with Crippen molar-refractivity contribution in [3.8, 4) is 0 Å². The Kier molecular flexibility index (Phi) is 6.44. The molecule has 2 amide bonds. The fraction of sp³-hybridized carbons (Fsp3) is 0.455. The number of pyridine rings is 1. The predicted molar refractivity (Wildman–Crippen MR) is 134 cm³/mol. The van der Waals surface area contributed by atoms with Gasteiger partial charge in [0, 0.05) is 40.3 Å². The van der Waals surface area contributed by atoms with E-state index in [2.05, 4.69) is 20.2 Å². The molecule has 1 N–H and O–H groups in total. The zero-order valence-corrected chi connectivity index (χ0v) is 21.0. The lowest BCUT2D eigenvalue weighted by molar-refractivity contribution is 0.0240. The van der Waals surface area contributed by atoms with Crippen molar-refractivity contribution in [3.05, 3.63) is 29.3 Å². The summed E-state index contributed by atoms with van der Waals surface area (Å²) in [5, 5.41) is 3.78. The highest BCUT2D eigenvalue weighted by atomic mass is 32.1. The van der Waals surface area contributed by atoms with Gasteiger partial charge in [-0.05, 0) is 39.0 Å². The highest BCUT2D eigenvalue weighted by molar-refractivity contribution is 7.29. The van der Waals surface area contributed by atoms with Crippen LogP contribution in [0.5, 0.6) is 0 Å². The number of anilines is 3. The average molecular weight is 489 g/mol. The number of fused-ring (bicyclic) bond motifs is 1. The summed E-state index contributed by atoms with van der Waals surface area (Å²) in [7, 11) is 3.90. The maximum Gasteiger partial charge on any atom is 0.410 e. The minimum absolute atomic E-state index is 0.192. The average Bonchev–Trinajstić information content (AvgIpc) is 3.33. The summed E-state index contributed by atoms with van der Waals surface area (Å²) < 4.78 is 6.45. The van der Waals surface area contributed by atoms with Gasteiger partial charge in [-0.15, -0.1) is 11.3 Å². The molecule has 4 heterocycles. The standard InChI is InChI=1S/C22H28N6O3S2/c1-22(2,3)31-21(30)28-10-8-27(9-11-28)14-6-7-17(23-13-14)24-18(29)15-12-16-19(32-15)25-20(33-16)26(4)5/h6-7,12-13H,8-11H2,1-5H3,(H,23,24,29). The van der Waals surface area contributed by atoms with E-state index in [9.17, 15) is 9.59 Å². The molecule has 0 atom stereocenters. The van der Waals surface area contributed by atoms with Crippen molar-refractivity contribution in [1.82, 2.24) is 14.9 Å². The van der Waals surface area contributed by atoms with Gasteiger partial charge >= 0.3 is 6.09 Å². The van der Waals surface area contributed by atoms with Crippen LogP contribution in [0.25, 0.3) is 9.53 Å². The Hall–Kier alpha value is -2.92. The van der Waals surface area contributed by atoms with Crippen molar-refractivity contribution in [2.24, 2.45) is 0 Å². The van der Waals surface area contributed by atoms with Crippen LogP contribution < -0.4 is 15.1 Å². The molecule has 4 rings (SSSR count). The first-order valence-corrected chi connectivity index (χ1v) is 12.3. The molecule has 0 spiro atoms. The number of hydrogen-bond acceptors (Lipinski definition) is 9. The number of hydrogen-bond donors (Lipinski definition) is 1. The smallest absolute Gasteiger partial charge is 0.410 e. The van der Waals surface area contributed by atoms with Crippen molar-refractivity contribution in [1.29, 1.82) is 0 Å². The predicted octanol–water partition coefficient (Wildman–Crippen LogP) is 4.13. The summed E-state index contributed by atoms with van der Waals surface area (Å²) in [6.07, 6.45) is 1.47. The molecule has 1 aliphatic rings. The van der Waals surface area contributed by atoms with Crippen LogP contribution in [0.15, 0.2) is 24.4 Å². The lowest BCUT2D eigenvalue weighted by Gasteiger charge is -2.36. The molecule has 1 saturated heterocycles. The normalized spacial score (nSPS) is 14.5. The van der Waals surface area contributed by atoms with E-state index in [1.807, 2.05) is 51.9 Å².